The normalized spacial score (nSPS) is 10.6. The lowest BCUT2D eigenvalue weighted by atomic mass is 10.2. The SMILES string of the molecule is CC(C)Oc1ccc(C(=O)NN(C)C)cc1. The van der Waals surface area contributed by atoms with Gasteiger partial charge >= 0.3 is 0 Å². The van der Waals surface area contributed by atoms with Gasteiger partial charge in [-0.3, -0.25) is 10.2 Å². The zero-order chi connectivity index (χ0) is 12.1. The van der Waals surface area contributed by atoms with Crippen LogP contribution in [0.2, 0.25) is 0 Å². The van der Waals surface area contributed by atoms with Crippen molar-refractivity contribution in [1.82, 2.24) is 10.4 Å². The van der Waals surface area contributed by atoms with Crippen LogP contribution in [0.25, 0.3) is 0 Å². The van der Waals surface area contributed by atoms with Crippen LogP contribution >= 0.6 is 0 Å². The number of ether oxygens (including phenoxy) is 1. The Hall–Kier alpha value is -1.55. The Morgan fingerprint density at radius 2 is 1.81 bits per heavy atom. The molecule has 0 fully saturated rings. The van der Waals surface area contributed by atoms with E-state index in [0.29, 0.717) is 5.56 Å². The van der Waals surface area contributed by atoms with Crippen molar-refractivity contribution < 1.29 is 9.53 Å². The highest BCUT2D eigenvalue weighted by Crippen LogP contribution is 2.13. The first-order valence-electron chi connectivity index (χ1n) is 5.24. The molecule has 0 aliphatic heterocycles. The van der Waals surface area contributed by atoms with Crippen molar-refractivity contribution in [3.05, 3.63) is 29.8 Å². The third-order valence-corrected chi connectivity index (χ3v) is 1.81. The maximum absolute atomic E-state index is 11.6. The standard InChI is InChI=1S/C12H18N2O2/c1-9(2)16-11-7-5-10(6-8-11)12(15)13-14(3)4/h5-9H,1-4H3,(H,13,15). The molecule has 1 amide bonds. The monoisotopic (exact) mass is 222 g/mol. The molecule has 0 unspecified atom stereocenters. The molecule has 0 saturated heterocycles. The molecule has 0 radical (unpaired) electrons. The van der Waals surface area contributed by atoms with Gasteiger partial charge in [0.05, 0.1) is 6.10 Å². The lowest BCUT2D eigenvalue weighted by Gasteiger charge is -2.13. The molecule has 0 aromatic heterocycles. The Bertz CT molecular complexity index is 345. The van der Waals surface area contributed by atoms with Crippen molar-refractivity contribution in [2.75, 3.05) is 14.1 Å². The Morgan fingerprint density at radius 1 is 1.25 bits per heavy atom. The molecule has 4 heteroatoms. The number of hydrogen-bond donors (Lipinski definition) is 1. The van der Waals surface area contributed by atoms with E-state index >= 15 is 0 Å². The molecular weight excluding hydrogens is 204 g/mol. The number of carbonyl (C=O) groups excluding carboxylic acids is 1. The highest BCUT2D eigenvalue weighted by atomic mass is 16.5. The first-order chi connectivity index (χ1) is 7.49. The Balaban J connectivity index is 2.67. The average molecular weight is 222 g/mol. The minimum absolute atomic E-state index is 0.124. The molecule has 0 saturated carbocycles. The van der Waals surface area contributed by atoms with Crippen molar-refractivity contribution in [3.63, 3.8) is 0 Å². The first kappa shape index (κ1) is 12.5. The summed E-state index contributed by atoms with van der Waals surface area (Å²) in [5.74, 6) is 0.650. The molecule has 0 bridgehead atoms. The molecule has 16 heavy (non-hydrogen) atoms. The molecule has 1 N–H and O–H groups in total. The van der Waals surface area contributed by atoms with E-state index in [0.717, 1.165) is 5.75 Å². The van der Waals surface area contributed by atoms with Crippen LogP contribution in [0, 0.1) is 0 Å². The van der Waals surface area contributed by atoms with E-state index < -0.39 is 0 Å². The van der Waals surface area contributed by atoms with Crippen LogP contribution in [0.4, 0.5) is 0 Å². The fourth-order valence-electron chi connectivity index (χ4n) is 1.22. The number of nitrogens with one attached hydrogen (secondary N) is 1. The number of carbonyl (C=O) groups is 1. The second-order valence-electron chi connectivity index (χ2n) is 4.03. The molecule has 0 heterocycles. The highest BCUT2D eigenvalue weighted by molar-refractivity contribution is 5.93. The smallest absolute Gasteiger partial charge is 0.265 e. The van der Waals surface area contributed by atoms with E-state index in [4.69, 9.17) is 4.74 Å². The molecule has 1 rings (SSSR count). The van der Waals surface area contributed by atoms with Crippen LogP contribution in [0.1, 0.15) is 24.2 Å². The van der Waals surface area contributed by atoms with Crippen molar-refractivity contribution in [2.45, 2.75) is 20.0 Å². The molecule has 0 atom stereocenters. The molecule has 0 aliphatic rings. The Kier molecular flexibility index (Phi) is 4.31. The Labute approximate surface area is 96.2 Å². The summed E-state index contributed by atoms with van der Waals surface area (Å²) in [5, 5.41) is 1.61. The number of benzene rings is 1. The lowest BCUT2D eigenvalue weighted by molar-refractivity contribution is 0.0857. The number of hydrogen-bond acceptors (Lipinski definition) is 3. The summed E-state index contributed by atoms with van der Waals surface area (Å²) in [6.07, 6.45) is 0.140. The van der Waals surface area contributed by atoms with Crippen molar-refractivity contribution in [2.24, 2.45) is 0 Å². The van der Waals surface area contributed by atoms with Crippen LogP contribution in [0.15, 0.2) is 24.3 Å². The van der Waals surface area contributed by atoms with Gasteiger partial charge in [-0.25, -0.2) is 5.01 Å². The van der Waals surface area contributed by atoms with Crippen LogP contribution in [0.5, 0.6) is 5.75 Å². The maximum Gasteiger partial charge on any atom is 0.265 e. The second kappa shape index (κ2) is 5.51. The summed E-state index contributed by atoms with van der Waals surface area (Å²) in [6.45, 7) is 3.93. The average Bonchev–Trinajstić information content (AvgIpc) is 2.16. The molecule has 0 spiro atoms. The summed E-state index contributed by atoms with van der Waals surface area (Å²) in [6, 6.07) is 7.09. The van der Waals surface area contributed by atoms with E-state index in [1.165, 1.54) is 0 Å². The van der Waals surface area contributed by atoms with Gasteiger partial charge in [-0.1, -0.05) is 0 Å². The third-order valence-electron chi connectivity index (χ3n) is 1.81. The zero-order valence-corrected chi connectivity index (χ0v) is 10.2. The van der Waals surface area contributed by atoms with E-state index in [-0.39, 0.29) is 12.0 Å². The van der Waals surface area contributed by atoms with Gasteiger partial charge in [-0.2, -0.15) is 0 Å². The van der Waals surface area contributed by atoms with E-state index in [1.54, 1.807) is 43.4 Å². The summed E-state index contributed by atoms with van der Waals surface area (Å²) in [5.41, 5.74) is 3.29. The van der Waals surface area contributed by atoms with Gasteiger partial charge in [-0.15, -0.1) is 0 Å². The van der Waals surface area contributed by atoms with Crippen molar-refractivity contribution >= 4 is 5.91 Å². The van der Waals surface area contributed by atoms with Crippen molar-refractivity contribution in [3.8, 4) is 5.75 Å². The summed E-state index contributed by atoms with van der Waals surface area (Å²) in [4.78, 5) is 11.6. The van der Waals surface area contributed by atoms with Crippen LogP contribution < -0.4 is 10.2 Å². The Morgan fingerprint density at radius 3 is 2.25 bits per heavy atom. The predicted molar refractivity (Wildman–Crippen MR) is 63.4 cm³/mol. The van der Waals surface area contributed by atoms with Gasteiger partial charge in [0, 0.05) is 19.7 Å². The van der Waals surface area contributed by atoms with E-state index in [2.05, 4.69) is 5.43 Å². The van der Waals surface area contributed by atoms with Crippen LogP contribution in [-0.4, -0.2) is 31.1 Å². The molecule has 1 aromatic carbocycles. The molecule has 4 nitrogen and oxygen atoms in total. The molecule has 1 aromatic rings. The summed E-state index contributed by atoms with van der Waals surface area (Å²) in [7, 11) is 3.54. The topological polar surface area (TPSA) is 41.6 Å². The fourth-order valence-corrected chi connectivity index (χ4v) is 1.22. The van der Waals surface area contributed by atoms with Gasteiger partial charge in [0.25, 0.3) is 5.91 Å². The maximum atomic E-state index is 11.6. The second-order valence-corrected chi connectivity index (χ2v) is 4.03. The summed E-state index contributed by atoms with van der Waals surface area (Å²) < 4.78 is 5.49. The minimum atomic E-state index is -0.124. The summed E-state index contributed by atoms with van der Waals surface area (Å²) >= 11 is 0. The highest BCUT2D eigenvalue weighted by Gasteiger charge is 2.06. The molecule has 88 valence electrons. The zero-order valence-electron chi connectivity index (χ0n) is 10.2. The van der Waals surface area contributed by atoms with Crippen LogP contribution in [0.3, 0.4) is 0 Å². The number of amides is 1. The van der Waals surface area contributed by atoms with Crippen LogP contribution in [-0.2, 0) is 0 Å². The largest absolute Gasteiger partial charge is 0.491 e. The fraction of sp³-hybridized carbons (Fsp3) is 0.417. The number of nitrogens with zero attached hydrogens (tertiary/aromatic N) is 1. The van der Waals surface area contributed by atoms with E-state index in [1.807, 2.05) is 13.8 Å². The first-order valence-corrected chi connectivity index (χ1v) is 5.24. The number of rotatable bonds is 4. The third kappa shape index (κ3) is 3.90. The van der Waals surface area contributed by atoms with Gasteiger partial charge in [0.2, 0.25) is 0 Å². The minimum Gasteiger partial charge on any atom is -0.491 e. The quantitative estimate of drug-likeness (QED) is 0.788. The predicted octanol–water partition coefficient (Wildman–Crippen LogP) is 1.68. The number of hydrazine groups is 1. The van der Waals surface area contributed by atoms with Gasteiger partial charge in [0.1, 0.15) is 5.75 Å². The van der Waals surface area contributed by atoms with Gasteiger partial charge in [0.15, 0.2) is 0 Å². The van der Waals surface area contributed by atoms with Crippen molar-refractivity contribution in [1.29, 1.82) is 0 Å². The van der Waals surface area contributed by atoms with Gasteiger partial charge in [-0.05, 0) is 38.1 Å². The molecular formula is C12H18N2O2. The lowest BCUT2D eigenvalue weighted by Crippen LogP contribution is -2.36. The van der Waals surface area contributed by atoms with E-state index in [9.17, 15) is 4.79 Å². The van der Waals surface area contributed by atoms with Gasteiger partial charge < -0.3 is 4.74 Å². The molecule has 0 aliphatic carbocycles.